The van der Waals surface area contributed by atoms with Crippen molar-refractivity contribution in [3.8, 4) is 0 Å². The average Bonchev–Trinajstić information content (AvgIpc) is 2.47. The van der Waals surface area contributed by atoms with Crippen molar-refractivity contribution >= 4 is 0 Å². The van der Waals surface area contributed by atoms with Gasteiger partial charge in [0.1, 0.15) is 0 Å². The van der Waals surface area contributed by atoms with Crippen LogP contribution in [0.3, 0.4) is 0 Å². The van der Waals surface area contributed by atoms with E-state index < -0.39 is 0 Å². The Kier molecular flexibility index (Phi) is 3.88. The third-order valence-corrected chi connectivity index (χ3v) is 4.69. The van der Waals surface area contributed by atoms with Crippen LogP contribution in [0.5, 0.6) is 0 Å². The fourth-order valence-corrected chi connectivity index (χ4v) is 3.55. The zero-order valence-corrected chi connectivity index (χ0v) is 12.2. The maximum atomic E-state index is 3.74. The molecule has 1 aliphatic rings. The van der Waals surface area contributed by atoms with Gasteiger partial charge in [-0.2, -0.15) is 0 Å². The molecule has 0 aromatic heterocycles. The van der Waals surface area contributed by atoms with Crippen LogP contribution in [-0.4, -0.2) is 6.54 Å². The number of rotatable bonds is 5. The third-order valence-electron chi connectivity index (χ3n) is 4.69. The lowest BCUT2D eigenvalue weighted by Crippen LogP contribution is -2.46. The SMILES string of the molecule is CCNC(c1ccccc1)C1(c2ccccc2)CCC1. The predicted octanol–water partition coefficient (Wildman–Crippen LogP) is 4.46. The fraction of sp³-hybridized carbons (Fsp3) is 0.368. The summed E-state index contributed by atoms with van der Waals surface area (Å²) in [5.41, 5.74) is 3.18. The molecular weight excluding hydrogens is 242 g/mol. The molecule has 104 valence electrons. The van der Waals surface area contributed by atoms with Crippen molar-refractivity contribution in [1.29, 1.82) is 0 Å². The van der Waals surface area contributed by atoms with Crippen LogP contribution in [0.4, 0.5) is 0 Å². The van der Waals surface area contributed by atoms with Crippen LogP contribution in [0.15, 0.2) is 60.7 Å². The van der Waals surface area contributed by atoms with Crippen molar-refractivity contribution in [2.24, 2.45) is 0 Å². The molecule has 0 amide bonds. The highest BCUT2D eigenvalue weighted by atomic mass is 14.9. The average molecular weight is 265 g/mol. The van der Waals surface area contributed by atoms with Gasteiger partial charge in [0.15, 0.2) is 0 Å². The fourth-order valence-electron chi connectivity index (χ4n) is 3.55. The van der Waals surface area contributed by atoms with Crippen LogP contribution in [0.25, 0.3) is 0 Å². The highest BCUT2D eigenvalue weighted by molar-refractivity contribution is 5.35. The number of benzene rings is 2. The van der Waals surface area contributed by atoms with Gasteiger partial charge in [-0.1, -0.05) is 74.0 Å². The molecule has 0 spiro atoms. The zero-order valence-electron chi connectivity index (χ0n) is 12.2. The second kappa shape index (κ2) is 5.80. The van der Waals surface area contributed by atoms with Gasteiger partial charge in [-0.05, 0) is 30.5 Å². The summed E-state index contributed by atoms with van der Waals surface area (Å²) in [6, 6.07) is 22.4. The molecule has 1 nitrogen and oxygen atoms in total. The van der Waals surface area contributed by atoms with E-state index in [0.29, 0.717) is 6.04 Å². The second-order valence-corrected chi connectivity index (χ2v) is 5.78. The second-order valence-electron chi connectivity index (χ2n) is 5.78. The van der Waals surface area contributed by atoms with Gasteiger partial charge in [-0.25, -0.2) is 0 Å². The summed E-state index contributed by atoms with van der Waals surface area (Å²) in [5.74, 6) is 0. The van der Waals surface area contributed by atoms with Gasteiger partial charge in [0.2, 0.25) is 0 Å². The lowest BCUT2D eigenvalue weighted by Gasteiger charge is -2.49. The molecular formula is C19H23N. The van der Waals surface area contributed by atoms with Crippen molar-refractivity contribution in [3.63, 3.8) is 0 Å². The standard InChI is InChI=1S/C19H23N/c1-2-20-18(16-10-5-3-6-11-16)19(14-9-15-19)17-12-7-4-8-13-17/h3-8,10-13,18,20H,2,9,14-15H2,1H3. The molecule has 1 fully saturated rings. The van der Waals surface area contributed by atoms with Crippen LogP contribution in [-0.2, 0) is 5.41 Å². The van der Waals surface area contributed by atoms with E-state index in [1.165, 1.54) is 30.4 Å². The molecule has 3 rings (SSSR count). The zero-order chi connectivity index (χ0) is 13.8. The highest BCUT2D eigenvalue weighted by Gasteiger charge is 2.45. The minimum absolute atomic E-state index is 0.276. The first kappa shape index (κ1) is 13.4. The normalized spacial score (nSPS) is 18.2. The molecule has 1 N–H and O–H groups in total. The van der Waals surface area contributed by atoms with Gasteiger partial charge in [-0.15, -0.1) is 0 Å². The first-order valence-electron chi connectivity index (χ1n) is 7.71. The lowest BCUT2D eigenvalue weighted by molar-refractivity contribution is 0.171. The van der Waals surface area contributed by atoms with Crippen LogP contribution >= 0.6 is 0 Å². The number of likely N-dealkylation sites (N-methyl/N-ethyl adjacent to an activating group) is 1. The largest absolute Gasteiger partial charge is 0.309 e. The van der Waals surface area contributed by atoms with Crippen molar-refractivity contribution in [2.75, 3.05) is 6.54 Å². The molecule has 1 heteroatoms. The van der Waals surface area contributed by atoms with E-state index in [2.05, 4.69) is 72.9 Å². The molecule has 0 radical (unpaired) electrons. The van der Waals surface area contributed by atoms with E-state index in [9.17, 15) is 0 Å². The summed E-state index contributed by atoms with van der Waals surface area (Å²) in [6.45, 7) is 3.21. The Bertz CT molecular complexity index is 528. The van der Waals surface area contributed by atoms with Gasteiger partial charge >= 0.3 is 0 Å². The van der Waals surface area contributed by atoms with Gasteiger partial charge in [0.25, 0.3) is 0 Å². The van der Waals surface area contributed by atoms with Crippen LogP contribution in [0, 0.1) is 0 Å². The number of hydrogen-bond acceptors (Lipinski definition) is 1. The molecule has 1 unspecified atom stereocenters. The summed E-state index contributed by atoms with van der Waals surface area (Å²) in [7, 11) is 0. The van der Waals surface area contributed by atoms with E-state index >= 15 is 0 Å². The van der Waals surface area contributed by atoms with Crippen molar-refractivity contribution in [3.05, 3.63) is 71.8 Å². The Morgan fingerprint density at radius 3 is 2.05 bits per heavy atom. The van der Waals surface area contributed by atoms with Gasteiger partial charge in [-0.3, -0.25) is 0 Å². The molecule has 20 heavy (non-hydrogen) atoms. The summed E-state index contributed by atoms with van der Waals surface area (Å²) < 4.78 is 0. The van der Waals surface area contributed by atoms with Crippen LogP contribution in [0.2, 0.25) is 0 Å². The Balaban J connectivity index is 2.01. The van der Waals surface area contributed by atoms with Crippen molar-refractivity contribution < 1.29 is 0 Å². The van der Waals surface area contributed by atoms with Crippen LogP contribution < -0.4 is 5.32 Å². The maximum Gasteiger partial charge on any atom is 0.0418 e. The van der Waals surface area contributed by atoms with Crippen LogP contribution in [0.1, 0.15) is 43.4 Å². The summed E-state index contributed by atoms with van der Waals surface area (Å²) >= 11 is 0. The Morgan fingerprint density at radius 2 is 1.55 bits per heavy atom. The number of hydrogen-bond donors (Lipinski definition) is 1. The summed E-state index contributed by atoms with van der Waals surface area (Å²) in [5, 5.41) is 3.74. The Labute approximate surface area is 122 Å². The van der Waals surface area contributed by atoms with Crippen molar-refractivity contribution in [2.45, 2.75) is 37.6 Å². The minimum Gasteiger partial charge on any atom is -0.309 e. The molecule has 2 aromatic carbocycles. The molecule has 0 aliphatic heterocycles. The van der Waals surface area contributed by atoms with Gasteiger partial charge < -0.3 is 5.32 Å². The Hall–Kier alpha value is -1.60. The van der Waals surface area contributed by atoms with E-state index in [4.69, 9.17) is 0 Å². The van der Waals surface area contributed by atoms with E-state index in [1.807, 2.05) is 0 Å². The molecule has 0 heterocycles. The quantitative estimate of drug-likeness (QED) is 0.841. The van der Waals surface area contributed by atoms with E-state index in [-0.39, 0.29) is 5.41 Å². The topological polar surface area (TPSA) is 12.0 Å². The number of nitrogens with one attached hydrogen (secondary N) is 1. The molecule has 1 aliphatic carbocycles. The molecule has 1 atom stereocenters. The highest BCUT2D eigenvalue weighted by Crippen LogP contribution is 2.52. The summed E-state index contributed by atoms with van der Waals surface area (Å²) in [6.07, 6.45) is 3.90. The van der Waals surface area contributed by atoms with Crippen molar-refractivity contribution in [1.82, 2.24) is 5.32 Å². The lowest BCUT2D eigenvalue weighted by atomic mass is 9.58. The minimum atomic E-state index is 0.276. The third kappa shape index (κ3) is 2.27. The smallest absolute Gasteiger partial charge is 0.0418 e. The molecule has 1 saturated carbocycles. The summed E-state index contributed by atoms with van der Waals surface area (Å²) in [4.78, 5) is 0. The molecule has 0 saturated heterocycles. The molecule has 0 bridgehead atoms. The van der Waals surface area contributed by atoms with E-state index in [0.717, 1.165) is 6.54 Å². The monoisotopic (exact) mass is 265 g/mol. The van der Waals surface area contributed by atoms with E-state index in [1.54, 1.807) is 0 Å². The maximum absolute atomic E-state index is 3.74. The first-order valence-corrected chi connectivity index (χ1v) is 7.71. The first-order chi connectivity index (χ1) is 9.87. The van der Waals surface area contributed by atoms with Gasteiger partial charge in [0.05, 0.1) is 0 Å². The Morgan fingerprint density at radius 1 is 0.950 bits per heavy atom. The predicted molar refractivity (Wildman–Crippen MR) is 84.8 cm³/mol. The molecule has 2 aromatic rings. The van der Waals surface area contributed by atoms with Gasteiger partial charge in [0, 0.05) is 11.5 Å².